The van der Waals surface area contributed by atoms with Crippen LogP contribution in [-0.4, -0.2) is 27.5 Å². The first kappa shape index (κ1) is 14.3. The van der Waals surface area contributed by atoms with Gasteiger partial charge in [0.2, 0.25) is 5.82 Å². The van der Waals surface area contributed by atoms with Gasteiger partial charge in [0, 0.05) is 10.6 Å². The van der Waals surface area contributed by atoms with E-state index in [-0.39, 0.29) is 0 Å². The highest BCUT2D eigenvalue weighted by Gasteiger charge is 2.10. The van der Waals surface area contributed by atoms with E-state index < -0.39 is 0 Å². The molecule has 0 fully saturated rings. The summed E-state index contributed by atoms with van der Waals surface area (Å²) in [7, 11) is 1.63. The van der Waals surface area contributed by atoms with Crippen molar-refractivity contribution in [2.75, 3.05) is 7.11 Å². The molecule has 1 aromatic heterocycles. The molecule has 7 heteroatoms. The molecule has 112 valence electrons. The van der Waals surface area contributed by atoms with Crippen molar-refractivity contribution < 1.29 is 9.57 Å². The van der Waals surface area contributed by atoms with Gasteiger partial charge in [-0.3, -0.25) is 0 Å². The summed E-state index contributed by atoms with van der Waals surface area (Å²) in [5.74, 6) is 1.32. The number of rotatable bonds is 5. The van der Waals surface area contributed by atoms with Gasteiger partial charge in [0.15, 0.2) is 0 Å². The molecule has 0 bridgehead atoms. The van der Waals surface area contributed by atoms with Gasteiger partial charge in [-0.2, -0.15) is 0 Å². The molecule has 22 heavy (non-hydrogen) atoms. The van der Waals surface area contributed by atoms with Crippen molar-refractivity contribution in [3.63, 3.8) is 0 Å². The lowest BCUT2D eigenvalue weighted by Gasteiger charge is -2.07. The quantitative estimate of drug-likeness (QED) is 0.724. The van der Waals surface area contributed by atoms with E-state index in [4.69, 9.17) is 21.2 Å². The Bertz CT molecular complexity index is 741. The Morgan fingerprint density at radius 3 is 2.45 bits per heavy atom. The number of nitrogens with zero attached hydrogens (tertiary/aromatic N) is 4. The number of hydrogen-bond acceptors (Lipinski definition) is 5. The Kier molecular flexibility index (Phi) is 4.20. The van der Waals surface area contributed by atoms with Gasteiger partial charge in [-0.25, -0.2) is 0 Å². The fourth-order valence-corrected chi connectivity index (χ4v) is 2.02. The van der Waals surface area contributed by atoms with Crippen molar-refractivity contribution in [1.29, 1.82) is 0 Å². The minimum Gasteiger partial charge on any atom is -0.497 e. The lowest BCUT2D eigenvalue weighted by Crippen LogP contribution is -2.14. The van der Waals surface area contributed by atoms with E-state index in [1.54, 1.807) is 19.2 Å². The number of hydrogen-bond donors (Lipinski definition) is 0. The van der Waals surface area contributed by atoms with Gasteiger partial charge in [0.05, 0.1) is 7.11 Å². The predicted octanol–water partition coefficient (Wildman–Crippen LogP) is 2.63. The van der Waals surface area contributed by atoms with Crippen LogP contribution in [0.2, 0.25) is 5.02 Å². The number of halogens is 1. The van der Waals surface area contributed by atoms with Crippen molar-refractivity contribution in [3.8, 4) is 17.1 Å². The molecule has 3 aromatic rings. The first-order chi connectivity index (χ1) is 10.8. The molecule has 6 nitrogen and oxygen atoms in total. The van der Waals surface area contributed by atoms with E-state index in [9.17, 15) is 0 Å². The summed E-state index contributed by atoms with van der Waals surface area (Å²) in [5.41, 5.74) is 1.81. The predicted molar refractivity (Wildman–Crippen MR) is 81.5 cm³/mol. The molecule has 0 radical (unpaired) electrons. The second-order valence-electron chi connectivity index (χ2n) is 4.50. The largest absolute Gasteiger partial charge is 0.497 e. The van der Waals surface area contributed by atoms with Crippen molar-refractivity contribution in [3.05, 3.63) is 59.1 Å². The standard InChI is InChI=1S/C15H13ClN4O2/c1-21-14-8-2-11(3-9-14)10-22-20-15(17-18-19-20)12-4-6-13(16)7-5-12/h2-9H,10H2,1H3. The number of benzene rings is 2. The molecule has 0 atom stereocenters. The first-order valence-electron chi connectivity index (χ1n) is 6.57. The topological polar surface area (TPSA) is 62.1 Å². The highest BCUT2D eigenvalue weighted by atomic mass is 35.5. The summed E-state index contributed by atoms with van der Waals surface area (Å²) in [6, 6.07) is 14.8. The molecule has 3 rings (SSSR count). The average Bonchev–Trinajstić information content (AvgIpc) is 3.02. The van der Waals surface area contributed by atoms with Crippen LogP contribution >= 0.6 is 11.6 Å². The van der Waals surface area contributed by atoms with Gasteiger partial charge in [0.25, 0.3) is 0 Å². The number of aromatic nitrogens is 4. The molecule has 0 N–H and O–H groups in total. The van der Waals surface area contributed by atoms with Gasteiger partial charge < -0.3 is 9.57 Å². The van der Waals surface area contributed by atoms with Crippen LogP contribution in [0.25, 0.3) is 11.4 Å². The molecule has 0 aliphatic carbocycles. The van der Waals surface area contributed by atoms with Gasteiger partial charge in [-0.05, 0) is 52.4 Å². The maximum absolute atomic E-state index is 5.88. The first-order valence-corrected chi connectivity index (χ1v) is 6.94. The van der Waals surface area contributed by atoms with Crippen LogP contribution in [0.5, 0.6) is 5.75 Å². The van der Waals surface area contributed by atoms with Gasteiger partial charge >= 0.3 is 0 Å². The van der Waals surface area contributed by atoms with E-state index in [1.807, 2.05) is 36.4 Å². The van der Waals surface area contributed by atoms with Crippen LogP contribution in [0, 0.1) is 0 Å². The van der Waals surface area contributed by atoms with Crippen LogP contribution in [0.15, 0.2) is 48.5 Å². The van der Waals surface area contributed by atoms with E-state index in [2.05, 4.69) is 15.5 Å². The van der Waals surface area contributed by atoms with Crippen molar-refractivity contribution in [2.45, 2.75) is 6.61 Å². The number of methoxy groups -OCH3 is 1. The SMILES string of the molecule is COc1ccc(COn2nnnc2-c2ccc(Cl)cc2)cc1. The normalized spacial score (nSPS) is 10.5. The summed E-state index contributed by atoms with van der Waals surface area (Å²) in [6.07, 6.45) is 0. The summed E-state index contributed by atoms with van der Waals surface area (Å²) < 4.78 is 5.12. The second kappa shape index (κ2) is 6.44. The third-order valence-electron chi connectivity index (χ3n) is 3.06. The van der Waals surface area contributed by atoms with Crippen LogP contribution in [0.4, 0.5) is 0 Å². The molecule has 1 heterocycles. The average molecular weight is 317 g/mol. The van der Waals surface area contributed by atoms with Gasteiger partial charge in [-0.1, -0.05) is 28.6 Å². The number of tetrazole rings is 1. The Morgan fingerprint density at radius 2 is 1.77 bits per heavy atom. The molecule has 0 aliphatic rings. The monoisotopic (exact) mass is 316 g/mol. The minimum absolute atomic E-state index is 0.343. The van der Waals surface area contributed by atoms with Crippen LogP contribution in [0.3, 0.4) is 0 Å². The summed E-state index contributed by atoms with van der Waals surface area (Å²) >= 11 is 5.88. The van der Waals surface area contributed by atoms with E-state index >= 15 is 0 Å². The molecule has 0 saturated heterocycles. The highest BCUT2D eigenvalue weighted by molar-refractivity contribution is 6.30. The highest BCUT2D eigenvalue weighted by Crippen LogP contribution is 2.18. The zero-order valence-electron chi connectivity index (χ0n) is 11.8. The fraction of sp³-hybridized carbons (Fsp3) is 0.133. The molecule has 2 aromatic carbocycles. The van der Waals surface area contributed by atoms with Crippen LogP contribution in [0.1, 0.15) is 5.56 Å². The maximum Gasteiger partial charge on any atom is 0.222 e. The minimum atomic E-state index is 0.343. The lowest BCUT2D eigenvalue weighted by molar-refractivity contribution is 0.0694. The van der Waals surface area contributed by atoms with Gasteiger partial charge in [-0.15, -0.1) is 5.10 Å². The zero-order chi connectivity index (χ0) is 15.4. The summed E-state index contributed by atoms with van der Waals surface area (Å²) in [4.78, 5) is 6.93. The third-order valence-corrected chi connectivity index (χ3v) is 3.31. The van der Waals surface area contributed by atoms with Crippen LogP contribution < -0.4 is 9.57 Å². The van der Waals surface area contributed by atoms with Crippen molar-refractivity contribution in [1.82, 2.24) is 20.4 Å². The molecule has 0 aliphatic heterocycles. The zero-order valence-corrected chi connectivity index (χ0v) is 12.6. The molecule has 0 unspecified atom stereocenters. The third kappa shape index (κ3) is 3.17. The van der Waals surface area contributed by atoms with Crippen molar-refractivity contribution >= 4 is 11.6 Å². The molecule has 0 amide bonds. The van der Waals surface area contributed by atoms with E-state index in [0.29, 0.717) is 17.5 Å². The molecule has 0 spiro atoms. The van der Waals surface area contributed by atoms with Crippen LogP contribution in [-0.2, 0) is 6.61 Å². The van der Waals surface area contributed by atoms with E-state index in [0.717, 1.165) is 16.9 Å². The Hall–Kier alpha value is -2.60. The number of ether oxygens (including phenoxy) is 1. The Balaban J connectivity index is 1.73. The van der Waals surface area contributed by atoms with Crippen molar-refractivity contribution in [2.24, 2.45) is 0 Å². The summed E-state index contributed by atoms with van der Waals surface area (Å²) in [6.45, 7) is 0.343. The van der Waals surface area contributed by atoms with Gasteiger partial charge in [0.1, 0.15) is 12.4 Å². The fourth-order valence-electron chi connectivity index (χ4n) is 1.89. The molecular formula is C15H13ClN4O2. The van der Waals surface area contributed by atoms with E-state index in [1.165, 1.54) is 4.85 Å². The smallest absolute Gasteiger partial charge is 0.222 e. The molecule has 0 saturated carbocycles. The lowest BCUT2D eigenvalue weighted by atomic mass is 10.2. The molecular weight excluding hydrogens is 304 g/mol. The second-order valence-corrected chi connectivity index (χ2v) is 4.94. The Labute approximate surface area is 132 Å². The Morgan fingerprint density at radius 1 is 1.05 bits per heavy atom. The maximum atomic E-state index is 5.88. The summed E-state index contributed by atoms with van der Waals surface area (Å²) in [5, 5.41) is 12.1.